The molecular formula is C11H15NO2. The van der Waals surface area contributed by atoms with Gasteiger partial charge in [0.2, 0.25) is 0 Å². The minimum absolute atomic E-state index is 0.0579. The fourth-order valence-electron chi connectivity index (χ4n) is 2.11. The van der Waals surface area contributed by atoms with Crippen molar-refractivity contribution in [3.05, 3.63) is 24.0 Å². The second kappa shape index (κ2) is 3.86. The Balaban J connectivity index is 2.30. The smallest absolute Gasteiger partial charge is 0.314 e. The van der Waals surface area contributed by atoms with Crippen molar-refractivity contribution >= 4 is 5.97 Å². The summed E-state index contributed by atoms with van der Waals surface area (Å²) >= 11 is 0. The second-order valence-corrected chi connectivity index (χ2v) is 3.70. The van der Waals surface area contributed by atoms with Crippen LogP contribution in [0.15, 0.2) is 18.3 Å². The van der Waals surface area contributed by atoms with Crippen LogP contribution < -0.4 is 0 Å². The third kappa shape index (κ3) is 1.54. The number of rotatable bonds is 1. The van der Waals surface area contributed by atoms with Crippen LogP contribution in [0.3, 0.4) is 0 Å². The molecule has 2 heterocycles. The van der Waals surface area contributed by atoms with Gasteiger partial charge in [0, 0.05) is 18.4 Å². The van der Waals surface area contributed by atoms with Gasteiger partial charge in [-0.15, -0.1) is 0 Å². The van der Waals surface area contributed by atoms with Crippen LogP contribution in [0.5, 0.6) is 0 Å². The van der Waals surface area contributed by atoms with Crippen molar-refractivity contribution in [1.29, 1.82) is 0 Å². The molecule has 0 radical (unpaired) electrons. The van der Waals surface area contributed by atoms with E-state index in [1.54, 1.807) is 0 Å². The van der Waals surface area contributed by atoms with E-state index in [0.29, 0.717) is 0 Å². The molecule has 0 saturated carbocycles. The minimum atomic E-state index is -0.105. The lowest BCUT2D eigenvalue weighted by molar-refractivity contribution is -0.142. The van der Waals surface area contributed by atoms with Crippen LogP contribution >= 0.6 is 0 Å². The number of methoxy groups -OCH3 is 1. The van der Waals surface area contributed by atoms with E-state index in [4.69, 9.17) is 4.74 Å². The van der Waals surface area contributed by atoms with Gasteiger partial charge in [-0.3, -0.25) is 4.79 Å². The minimum Gasteiger partial charge on any atom is -0.469 e. The normalized spacial score (nSPS) is 21.1. The number of ether oxygens (including phenoxy) is 1. The monoisotopic (exact) mass is 193 g/mol. The van der Waals surface area contributed by atoms with E-state index in [0.717, 1.165) is 31.5 Å². The maximum Gasteiger partial charge on any atom is 0.314 e. The first-order valence-corrected chi connectivity index (χ1v) is 5.06. The lowest BCUT2D eigenvalue weighted by Crippen LogP contribution is -2.15. The highest BCUT2D eigenvalue weighted by molar-refractivity contribution is 5.77. The highest BCUT2D eigenvalue weighted by Gasteiger charge is 2.25. The molecule has 1 unspecified atom stereocenters. The van der Waals surface area contributed by atoms with Gasteiger partial charge in [-0.1, -0.05) is 6.42 Å². The molecule has 2 rings (SSSR count). The second-order valence-electron chi connectivity index (χ2n) is 3.70. The molecule has 3 nitrogen and oxygen atoms in total. The molecule has 0 N–H and O–H groups in total. The Morgan fingerprint density at radius 3 is 3.21 bits per heavy atom. The molecule has 0 aromatic carbocycles. The maximum atomic E-state index is 11.5. The van der Waals surface area contributed by atoms with Crippen LogP contribution in [0.25, 0.3) is 0 Å². The molecule has 0 fully saturated rings. The fourth-order valence-corrected chi connectivity index (χ4v) is 2.11. The summed E-state index contributed by atoms with van der Waals surface area (Å²) in [7, 11) is 1.46. The average Bonchev–Trinajstić information content (AvgIpc) is 2.57. The molecule has 0 aliphatic carbocycles. The lowest BCUT2D eigenvalue weighted by atomic mass is 10.00. The molecule has 1 aromatic rings. The number of aryl methyl sites for hydroxylation is 1. The molecule has 1 aromatic heterocycles. The average molecular weight is 193 g/mol. The van der Waals surface area contributed by atoms with E-state index in [-0.39, 0.29) is 11.9 Å². The molecule has 76 valence electrons. The summed E-state index contributed by atoms with van der Waals surface area (Å²) in [5.74, 6) is -0.163. The Morgan fingerprint density at radius 1 is 1.57 bits per heavy atom. The largest absolute Gasteiger partial charge is 0.469 e. The Kier molecular flexibility index (Phi) is 2.57. The van der Waals surface area contributed by atoms with E-state index < -0.39 is 0 Å². The van der Waals surface area contributed by atoms with Crippen LogP contribution in [0, 0.1) is 0 Å². The van der Waals surface area contributed by atoms with Crippen LogP contribution in [-0.2, 0) is 16.1 Å². The highest BCUT2D eigenvalue weighted by atomic mass is 16.5. The third-order valence-corrected chi connectivity index (χ3v) is 2.85. The molecular weight excluding hydrogens is 178 g/mol. The van der Waals surface area contributed by atoms with Gasteiger partial charge in [-0.25, -0.2) is 0 Å². The zero-order chi connectivity index (χ0) is 9.97. The molecule has 1 aliphatic heterocycles. The van der Waals surface area contributed by atoms with E-state index in [1.165, 1.54) is 7.11 Å². The van der Waals surface area contributed by atoms with Gasteiger partial charge in [0.15, 0.2) is 0 Å². The Bertz CT molecular complexity index is 330. The van der Waals surface area contributed by atoms with Crippen molar-refractivity contribution in [2.45, 2.75) is 31.7 Å². The van der Waals surface area contributed by atoms with Crippen LogP contribution in [0.4, 0.5) is 0 Å². The topological polar surface area (TPSA) is 31.2 Å². The van der Waals surface area contributed by atoms with Gasteiger partial charge in [0.05, 0.1) is 13.0 Å². The number of hydrogen-bond acceptors (Lipinski definition) is 2. The summed E-state index contributed by atoms with van der Waals surface area (Å²) in [5, 5.41) is 0. The summed E-state index contributed by atoms with van der Waals surface area (Å²) in [4.78, 5) is 11.5. The zero-order valence-electron chi connectivity index (χ0n) is 8.40. The quantitative estimate of drug-likeness (QED) is 0.638. The third-order valence-electron chi connectivity index (χ3n) is 2.85. The van der Waals surface area contributed by atoms with Gasteiger partial charge in [0.25, 0.3) is 0 Å². The van der Waals surface area contributed by atoms with Crippen molar-refractivity contribution in [3.63, 3.8) is 0 Å². The van der Waals surface area contributed by atoms with E-state index in [2.05, 4.69) is 4.57 Å². The standard InChI is InChI=1S/C11H15NO2/c1-14-11(13)9-5-2-3-7-12-8-4-6-10(9)12/h4,6,8-9H,2-3,5,7H2,1H3. The highest BCUT2D eigenvalue weighted by Crippen LogP contribution is 2.27. The van der Waals surface area contributed by atoms with E-state index >= 15 is 0 Å². The Hall–Kier alpha value is -1.25. The molecule has 0 saturated heterocycles. The number of fused-ring (bicyclic) bond motifs is 1. The predicted octanol–water partition coefficient (Wildman–Crippen LogP) is 1.93. The Morgan fingerprint density at radius 2 is 2.43 bits per heavy atom. The summed E-state index contributed by atoms with van der Waals surface area (Å²) < 4.78 is 6.98. The van der Waals surface area contributed by atoms with Gasteiger partial charge < -0.3 is 9.30 Å². The number of nitrogens with zero attached hydrogens (tertiary/aromatic N) is 1. The molecule has 14 heavy (non-hydrogen) atoms. The van der Waals surface area contributed by atoms with Crippen molar-refractivity contribution in [1.82, 2.24) is 4.57 Å². The van der Waals surface area contributed by atoms with Crippen molar-refractivity contribution < 1.29 is 9.53 Å². The van der Waals surface area contributed by atoms with Crippen LogP contribution in [0.1, 0.15) is 30.9 Å². The summed E-state index contributed by atoms with van der Waals surface area (Å²) in [6, 6.07) is 4.02. The van der Waals surface area contributed by atoms with E-state index in [1.807, 2.05) is 18.3 Å². The summed E-state index contributed by atoms with van der Waals surface area (Å²) in [6.07, 6.45) is 5.20. The fraction of sp³-hybridized carbons (Fsp3) is 0.545. The van der Waals surface area contributed by atoms with Crippen LogP contribution in [0.2, 0.25) is 0 Å². The predicted molar refractivity (Wildman–Crippen MR) is 53.0 cm³/mol. The lowest BCUT2D eigenvalue weighted by Gasteiger charge is -2.12. The molecule has 0 amide bonds. The first kappa shape index (κ1) is 9.31. The maximum absolute atomic E-state index is 11.5. The molecule has 1 atom stereocenters. The van der Waals surface area contributed by atoms with Crippen molar-refractivity contribution in [2.75, 3.05) is 7.11 Å². The van der Waals surface area contributed by atoms with Gasteiger partial charge >= 0.3 is 5.97 Å². The van der Waals surface area contributed by atoms with Crippen LogP contribution in [-0.4, -0.2) is 17.6 Å². The number of esters is 1. The summed E-state index contributed by atoms with van der Waals surface area (Å²) in [5.41, 5.74) is 1.11. The summed E-state index contributed by atoms with van der Waals surface area (Å²) in [6.45, 7) is 1.02. The van der Waals surface area contributed by atoms with Gasteiger partial charge in [-0.05, 0) is 25.0 Å². The van der Waals surface area contributed by atoms with Crippen molar-refractivity contribution in [3.8, 4) is 0 Å². The molecule has 1 aliphatic rings. The number of carbonyl (C=O) groups excluding carboxylic acids is 1. The molecule has 0 bridgehead atoms. The molecule has 0 spiro atoms. The van der Waals surface area contributed by atoms with Gasteiger partial charge in [-0.2, -0.15) is 0 Å². The SMILES string of the molecule is COC(=O)C1CCCCn2cccc21. The number of aromatic nitrogens is 1. The van der Waals surface area contributed by atoms with Gasteiger partial charge in [0.1, 0.15) is 0 Å². The first-order chi connectivity index (χ1) is 6.83. The molecule has 3 heteroatoms. The van der Waals surface area contributed by atoms with E-state index in [9.17, 15) is 4.79 Å². The Labute approximate surface area is 83.7 Å². The van der Waals surface area contributed by atoms with Crippen molar-refractivity contribution in [2.24, 2.45) is 0 Å². The number of hydrogen-bond donors (Lipinski definition) is 0. The first-order valence-electron chi connectivity index (χ1n) is 5.06. The number of carbonyl (C=O) groups is 1. The zero-order valence-corrected chi connectivity index (χ0v) is 8.40.